The monoisotopic (exact) mass is 288 g/mol. The number of hydrogen-bond donors (Lipinski definition) is 2. The van der Waals surface area contributed by atoms with Gasteiger partial charge in [0, 0.05) is 24.3 Å². The van der Waals surface area contributed by atoms with E-state index < -0.39 is 0 Å². The van der Waals surface area contributed by atoms with E-state index in [1.807, 2.05) is 6.92 Å². The van der Waals surface area contributed by atoms with Gasteiger partial charge in [0.25, 0.3) is 0 Å². The molecule has 1 aromatic heterocycles. The lowest BCUT2D eigenvalue weighted by molar-refractivity contribution is 0.304. The van der Waals surface area contributed by atoms with Crippen LogP contribution < -0.4 is 10.6 Å². The summed E-state index contributed by atoms with van der Waals surface area (Å²) >= 11 is 0. The third kappa shape index (κ3) is 3.30. The molecule has 0 spiro atoms. The molecule has 0 amide bonds. The second-order valence-electron chi connectivity index (χ2n) is 6.92. The Balaban J connectivity index is 1.65. The highest BCUT2D eigenvalue weighted by atomic mass is 15.1. The molecule has 2 fully saturated rings. The van der Waals surface area contributed by atoms with Crippen LogP contribution in [-0.4, -0.2) is 22.6 Å². The minimum atomic E-state index is 0.508. The van der Waals surface area contributed by atoms with E-state index in [1.54, 1.807) is 0 Å². The van der Waals surface area contributed by atoms with Crippen LogP contribution in [0.3, 0.4) is 0 Å². The van der Waals surface area contributed by atoms with Crippen molar-refractivity contribution in [2.75, 3.05) is 17.2 Å². The Morgan fingerprint density at radius 2 is 2.14 bits per heavy atom. The SMILES string of the molecule is CCCNc1nc(C)cc(NC(C)C2CC3CCC2C3)n1. The first-order chi connectivity index (χ1) is 10.2. The zero-order valence-corrected chi connectivity index (χ0v) is 13.5. The largest absolute Gasteiger partial charge is 0.367 e. The summed E-state index contributed by atoms with van der Waals surface area (Å²) < 4.78 is 0. The number of nitrogens with one attached hydrogen (secondary N) is 2. The molecule has 4 nitrogen and oxygen atoms in total. The van der Waals surface area contributed by atoms with Crippen molar-refractivity contribution in [2.24, 2.45) is 17.8 Å². The van der Waals surface area contributed by atoms with Gasteiger partial charge in [0.2, 0.25) is 5.95 Å². The van der Waals surface area contributed by atoms with Crippen molar-refractivity contribution in [1.29, 1.82) is 0 Å². The average Bonchev–Trinajstić information content (AvgIpc) is 3.07. The number of fused-ring (bicyclic) bond motifs is 2. The number of anilines is 2. The van der Waals surface area contributed by atoms with Crippen LogP contribution in [-0.2, 0) is 0 Å². The summed E-state index contributed by atoms with van der Waals surface area (Å²) in [5.41, 5.74) is 1.02. The van der Waals surface area contributed by atoms with Crippen LogP contribution in [0.5, 0.6) is 0 Å². The van der Waals surface area contributed by atoms with E-state index in [0.29, 0.717) is 6.04 Å². The Bertz CT molecular complexity index is 488. The first-order valence-corrected chi connectivity index (χ1v) is 8.51. The van der Waals surface area contributed by atoms with Crippen LogP contribution in [0.25, 0.3) is 0 Å². The van der Waals surface area contributed by atoms with E-state index in [-0.39, 0.29) is 0 Å². The molecule has 2 aliphatic rings. The molecule has 3 rings (SSSR count). The topological polar surface area (TPSA) is 49.8 Å². The molecule has 0 aromatic carbocycles. The van der Waals surface area contributed by atoms with Crippen LogP contribution in [0, 0.1) is 24.7 Å². The molecule has 0 saturated heterocycles. The van der Waals surface area contributed by atoms with E-state index in [2.05, 4.69) is 40.5 Å². The van der Waals surface area contributed by atoms with Crippen LogP contribution in [0.4, 0.5) is 11.8 Å². The predicted molar refractivity (Wildman–Crippen MR) is 87.6 cm³/mol. The molecule has 2 N–H and O–H groups in total. The lowest BCUT2D eigenvalue weighted by Crippen LogP contribution is -2.30. The normalized spacial score (nSPS) is 28.6. The van der Waals surface area contributed by atoms with Crippen molar-refractivity contribution < 1.29 is 0 Å². The van der Waals surface area contributed by atoms with Gasteiger partial charge in [-0.3, -0.25) is 0 Å². The van der Waals surface area contributed by atoms with Gasteiger partial charge in [-0.15, -0.1) is 0 Å². The van der Waals surface area contributed by atoms with Gasteiger partial charge in [-0.05, 0) is 57.3 Å². The van der Waals surface area contributed by atoms with Crippen LogP contribution in [0.1, 0.15) is 51.6 Å². The van der Waals surface area contributed by atoms with Gasteiger partial charge in [-0.25, -0.2) is 4.98 Å². The highest BCUT2D eigenvalue weighted by Gasteiger charge is 2.41. The summed E-state index contributed by atoms with van der Waals surface area (Å²) in [5.74, 6) is 4.48. The molecule has 116 valence electrons. The molecular weight excluding hydrogens is 260 g/mol. The van der Waals surface area contributed by atoms with Gasteiger partial charge in [0.1, 0.15) is 5.82 Å². The number of nitrogens with zero attached hydrogens (tertiary/aromatic N) is 2. The van der Waals surface area contributed by atoms with Gasteiger partial charge in [-0.1, -0.05) is 13.3 Å². The number of aryl methyl sites for hydroxylation is 1. The molecule has 4 unspecified atom stereocenters. The van der Waals surface area contributed by atoms with Crippen LogP contribution in [0.15, 0.2) is 6.07 Å². The average molecular weight is 288 g/mol. The fraction of sp³-hybridized carbons (Fsp3) is 0.765. The highest BCUT2D eigenvalue weighted by Crippen LogP contribution is 2.49. The first-order valence-electron chi connectivity index (χ1n) is 8.51. The maximum absolute atomic E-state index is 4.61. The van der Waals surface area contributed by atoms with Gasteiger partial charge in [-0.2, -0.15) is 4.98 Å². The van der Waals surface area contributed by atoms with Crippen LogP contribution in [0.2, 0.25) is 0 Å². The zero-order valence-electron chi connectivity index (χ0n) is 13.5. The lowest BCUT2D eigenvalue weighted by Gasteiger charge is -2.29. The van der Waals surface area contributed by atoms with E-state index in [4.69, 9.17) is 0 Å². The van der Waals surface area contributed by atoms with Gasteiger partial charge in [0.15, 0.2) is 0 Å². The first kappa shape index (κ1) is 14.6. The Morgan fingerprint density at radius 1 is 1.29 bits per heavy atom. The molecule has 2 aliphatic carbocycles. The van der Waals surface area contributed by atoms with Crippen molar-refractivity contribution in [3.63, 3.8) is 0 Å². The maximum Gasteiger partial charge on any atom is 0.224 e. The van der Waals surface area contributed by atoms with Crippen molar-refractivity contribution in [3.8, 4) is 0 Å². The molecular formula is C17H28N4. The maximum atomic E-state index is 4.61. The molecule has 0 radical (unpaired) electrons. The molecule has 21 heavy (non-hydrogen) atoms. The van der Waals surface area contributed by atoms with Crippen molar-refractivity contribution in [3.05, 3.63) is 11.8 Å². The summed E-state index contributed by atoms with van der Waals surface area (Å²) in [6, 6.07) is 2.56. The molecule has 2 saturated carbocycles. The zero-order chi connectivity index (χ0) is 14.8. The smallest absolute Gasteiger partial charge is 0.224 e. The van der Waals surface area contributed by atoms with Crippen LogP contribution >= 0.6 is 0 Å². The molecule has 2 bridgehead atoms. The molecule has 4 heteroatoms. The van der Waals surface area contributed by atoms with E-state index in [1.165, 1.54) is 25.7 Å². The molecule has 0 aliphatic heterocycles. The Labute approximate surface area is 128 Å². The predicted octanol–water partition coefficient (Wildman–Crippen LogP) is 3.84. The quantitative estimate of drug-likeness (QED) is 0.835. The summed E-state index contributed by atoms with van der Waals surface area (Å²) in [7, 11) is 0. The van der Waals surface area contributed by atoms with Gasteiger partial charge < -0.3 is 10.6 Å². The van der Waals surface area contributed by atoms with Gasteiger partial charge >= 0.3 is 0 Å². The fourth-order valence-corrected chi connectivity index (χ4v) is 4.20. The summed E-state index contributed by atoms with van der Waals surface area (Å²) in [6.45, 7) is 7.43. The van der Waals surface area contributed by atoms with Gasteiger partial charge in [0.05, 0.1) is 0 Å². The number of rotatable bonds is 6. The Hall–Kier alpha value is -1.32. The second kappa shape index (κ2) is 6.20. The Morgan fingerprint density at radius 3 is 2.81 bits per heavy atom. The van der Waals surface area contributed by atoms with Crippen molar-refractivity contribution in [1.82, 2.24) is 9.97 Å². The standard InChI is InChI=1S/C17H28N4/c1-4-7-18-17-19-11(2)8-16(21-17)20-12(3)15-10-13-5-6-14(15)9-13/h8,12-15H,4-7,9-10H2,1-3H3,(H2,18,19,20,21). The number of hydrogen-bond acceptors (Lipinski definition) is 4. The summed E-state index contributed by atoms with van der Waals surface area (Å²) in [4.78, 5) is 9.06. The highest BCUT2D eigenvalue weighted by molar-refractivity contribution is 5.43. The minimum Gasteiger partial charge on any atom is -0.367 e. The molecule has 1 heterocycles. The minimum absolute atomic E-state index is 0.508. The summed E-state index contributed by atoms with van der Waals surface area (Å²) in [6.07, 6.45) is 6.85. The van der Waals surface area contributed by atoms with E-state index in [0.717, 1.165) is 48.2 Å². The van der Waals surface area contributed by atoms with E-state index in [9.17, 15) is 0 Å². The lowest BCUT2D eigenvalue weighted by atomic mass is 9.84. The molecule has 1 aromatic rings. The van der Waals surface area contributed by atoms with Crippen molar-refractivity contribution >= 4 is 11.8 Å². The number of aromatic nitrogens is 2. The Kier molecular flexibility index (Phi) is 4.32. The third-order valence-electron chi connectivity index (χ3n) is 5.20. The second-order valence-corrected chi connectivity index (χ2v) is 6.92. The van der Waals surface area contributed by atoms with E-state index >= 15 is 0 Å². The molecule has 4 atom stereocenters. The summed E-state index contributed by atoms with van der Waals surface area (Å²) in [5, 5.41) is 6.92. The third-order valence-corrected chi connectivity index (χ3v) is 5.20. The van der Waals surface area contributed by atoms with Crippen molar-refractivity contribution in [2.45, 2.75) is 58.9 Å². The fourth-order valence-electron chi connectivity index (χ4n) is 4.20.